The van der Waals surface area contributed by atoms with E-state index in [0.717, 1.165) is 0 Å². The summed E-state index contributed by atoms with van der Waals surface area (Å²) in [6, 6.07) is -0.987. The van der Waals surface area contributed by atoms with Crippen molar-refractivity contribution in [1.82, 2.24) is 10.5 Å². The molecule has 1 aromatic heterocycles. The number of hydrogen-bond donors (Lipinski definition) is 2. The highest BCUT2D eigenvalue weighted by Gasteiger charge is 2.21. The van der Waals surface area contributed by atoms with Gasteiger partial charge in [0.2, 0.25) is 0 Å². The van der Waals surface area contributed by atoms with Crippen LogP contribution in [0.4, 0.5) is 0 Å². The molecule has 16 heavy (non-hydrogen) atoms. The summed E-state index contributed by atoms with van der Waals surface area (Å²) in [5.74, 6) is -1.28. The molecule has 0 aromatic carbocycles. The number of hydrogen-bond acceptors (Lipinski definition) is 4. The van der Waals surface area contributed by atoms with Crippen LogP contribution in [-0.4, -0.2) is 28.2 Å². The zero-order valence-corrected chi connectivity index (χ0v) is 8.77. The Morgan fingerprint density at radius 1 is 1.75 bits per heavy atom. The smallest absolute Gasteiger partial charge is 0.326 e. The first-order valence-corrected chi connectivity index (χ1v) is 4.62. The summed E-state index contributed by atoms with van der Waals surface area (Å²) in [6.07, 6.45) is 2.84. The molecule has 0 radical (unpaired) electrons. The van der Waals surface area contributed by atoms with E-state index in [2.05, 4.69) is 17.1 Å². The van der Waals surface area contributed by atoms with Gasteiger partial charge in [-0.25, -0.2) is 4.79 Å². The van der Waals surface area contributed by atoms with Gasteiger partial charge in [-0.3, -0.25) is 4.79 Å². The highest BCUT2D eigenvalue weighted by molar-refractivity contribution is 5.97. The summed E-state index contributed by atoms with van der Waals surface area (Å²) < 4.78 is 4.71. The average molecular weight is 224 g/mol. The van der Waals surface area contributed by atoms with E-state index >= 15 is 0 Å². The van der Waals surface area contributed by atoms with E-state index in [1.165, 1.54) is 12.3 Å². The molecule has 0 aliphatic heterocycles. The number of aromatic nitrogens is 1. The molecule has 6 heteroatoms. The van der Waals surface area contributed by atoms with Crippen molar-refractivity contribution in [3.63, 3.8) is 0 Å². The maximum Gasteiger partial charge on any atom is 0.326 e. The third-order valence-corrected chi connectivity index (χ3v) is 2.00. The first-order valence-electron chi connectivity index (χ1n) is 4.62. The second kappa shape index (κ2) is 5.11. The normalized spacial score (nSPS) is 11.8. The molecule has 0 bridgehead atoms. The minimum atomic E-state index is -1.11. The number of carbonyl (C=O) groups is 2. The van der Waals surface area contributed by atoms with E-state index in [-0.39, 0.29) is 12.0 Å². The second-order valence-corrected chi connectivity index (χ2v) is 3.18. The summed E-state index contributed by atoms with van der Waals surface area (Å²) in [5.41, 5.74) is 0.232. The number of carboxylic acid groups (broad SMARTS) is 1. The van der Waals surface area contributed by atoms with E-state index in [0.29, 0.717) is 5.76 Å². The summed E-state index contributed by atoms with van der Waals surface area (Å²) in [6.45, 7) is 5.00. The predicted molar refractivity (Wildman–Crippen MR) is 54.9 cm³/mol. The van der Waals surface area contributed by atoms with Crippen molar-refractivity contribution in [3.05, 3.63) is 30.2 Å². The van der Waals surface area contributed by atoms with Crippen LogP contribution in [-0.2, 0) is 4.79 Å². The fourth-order valence-electron chi connectivity index (χ4n) is 1.14. The predicted octanol–water partition coefficient (Wildman–Crippen LogP) is 0.742. The minimum absolute atomic E-state index is 0.158. The lowest BCUT2D eigenvalue weighted by molar-refractivity contribution is -0.139. The fourth-order valence-corrected chi connectivity index (χ4v) is 1.14. The molecule has 0 spiro atoms. The lowest BCUT2D eigenvalue weighted by atomic mass is 10.2. The zero-order valence-electron chi connectivity index (χ0n) is 8.77. The van der Waals surface area contributed by atoms with Gasteiger partial charge in [-0.2, -0.15) is 0 Å². The molecule has 6 nitrogen and oxygen atoms in total. The summed E-state index contributed by atoms with van der Waals surface area (Å²) in [7, 11) is 0. The van der Waals surface area contributed by atoms with Gasteiger partial charge in [0.25, 0.3) is 5.91 Å². The number of amides is 1. The molecule has 1 atom stereocenters. The molecule has 1 rings (SSSR count). The van der Waals surface area contributed by atoms with Crippen molar-refractivity contribution in [3.8, 4) is 0 Å². The lowest BCUT2D eigenvalue weighted by Crippen LogP contribution is -2.40. The molecule has 86 valence electrons. The second-order valence-electron chi connectivity index (χ2n) is 3.18. The molecule has 1 unspecified atom stereocenters. The van der Waals surface area contributed by atoms with Crippen molar-refractivity contribution < 1.29 is 19.2 Å². The van der Waals surface area contributed by atoms with Crippen LogP contribution in [0.5, 0.6) is 0 Å². The van der Waals surface area contributed by atoms with Crippen molar-refractivity contribution in [2.75, 3.05) is 0 Å². The van der Waals surface area contributed by atoms with Crippen molar-refractivity contribution >= 4 is 11.9 Å². The Hall–Kier alpha value is -2.11. The van der Waals surface area contributed by atoms with E-state index in [4.69, 9.17) is 9.63 Å². The summed E-state index contributed by atoms with van der Waals surface area (Å²) in [4.78, 5) is 22.4. The number of rotatable bonds is 5. The highest BCUT2D eigenvalue weighted by Crippen LogP contribution is 2.06. The van der Waals surface area contributed by atoms with Gasteiger partial charge in [-0.05, 0) is 13.3 Å². The highest BCUT2D eigenvalue weighted by atomic mass is 16.5. The van der Waals surface area contributed by atoms with Crippen LogP contribution in [0.25, 0.3) is 0 Å². The Morgan fingerprint density at radius 3 is 2.88 bits per heavy atom. The first-order chi connectivity index (χ1) is 7.56. The molecule has 1 amide bonds. The maximum absolute atomic E-state index is 11.6. The molecule has 1 aromatic rings. The Balaban J connectivity index is 2.72. The summed E-state index contributed by atoms with van der Waals surface area (Å²) in [5, 5.41) is 14.6. The fraction of sp³-hybridized carbons (Fsp3) is 0.300. The number of aryl methyl sites for hydroxylation is 1. The number of nitrogens with zero attached hydrogens (tertiary/aromatic N) is 1. The SMILES string of the molecule is C=CCC(NC(=O)c1cnoc1C)C(=O)O. The zero-order chi connectivity index (χ0) is 12.1. The van der Waals surface area contributed by atoms with E-state index in [1.54, 1.807) is 6.92 Å². The van der Waals surface area contributed by atoms with Gasteiger partial charge in [0.1, 0.15) is 17.4 Å². The Morgan fingerprint density at radius 2 is 2.44 bits per heavy atom. The number of nitrogens with one attached hydrogen (secondary N) is 1. The Kier molecular flexibility index (Phi) is 3.82. The van der Waals surface area contributed by atoms with Crippen molar-refractivity contribution in [2.45, 2.75) is 19.4 Å². The lowest BCUT2D eigenvalue weighted by Gasteiger charge is -2.11. The summed E-state index contributed by atoms with van der Waals surface area (Å²) >= 11 is 0. The molecule has 0 saturated carbocycles. The van der Waals surface area contributed by atoms with E-state index in [9.17, 15) is 9.59 Å². The molecular formula is C10H12N2O4. The van der Waals surface area contributed by atoms with E-state index < -0.39 is 17.9 Å². The largest absolute Gasteiger partial charge is 0.480 e. The van der Waals surface area contributed by atoms with Gasteiger partial charge in [-0.1, -0.05) is 11.2 Å². The molecule has 1 heterocycles. The van der Waals surface area contributed by atoms with Gasteiger partial charge in [0, 0.05) is 0 Å². The topological polar surface area (TPSA) is 92.4 Å². The van der Waals surface area contributed by atoms with Crippen LogP contribution >= 0.6 is 0 Å². The monoisotopic (exact) mass is 224 g/mol. The average Bonchev–Trinajstić information content (AvgIpc) is 2.63. The van der Waals surface area contributed by atoms with Gasteiger partial charge >= 0.3 is 5.97 Å². The standard InChI is InChI=1S/C10H12N2O4/c1-3-4-8(10(14)15)12-9(13)7-5-11-16-6(7)2/h3,5,8H,1,4H2,2H3,(H,12,13)(H,14,15). The number of carboxylic acids is 1. The molecule has 0 aliphatic rings. The number of aliphatic carboxylic acids is 1. The van der Waals surface area contributed by atoms with Crippen molar-refractivity contribution in [1.29, 1.82) is 0 Å². The number of carbonyl (C=O) groups excluding carboxylic acids is 1. The first kappa shape index (κ1) is 12.0. The third-order valence-electron chi connectivity index (χ3n) is 2.00. The van der Waals surface area contributed by atoms with Crippen LogP contribution in [0, 0.1) is 6.92 Å². The minimum Gasteiger partial charge on any atom is -0.480 e. The molecule has 0 aliphatic carbocycles. The van der Waals surface area contributed by atoms with Gasteiger partial charge < -0.3 is 14.9 Å². The Bertz CT molecular complexity index is 411. The van der Waals surface area contributed by atoms with Crippen LogP contribution in [0.1, 0.15) is 22.5 Å². The van der Waals surface area contributed by atoms with Crippen LogP contribution in [0.2, 0.25) is 0 Å². The van der Waals surface area contributed by atoms with Crippen LogP contribution < -0.4 is 5.32 Å². The van der Waals surface area contributed by atoms with Crippen LogP contribution in [0.3, 0.4) is 0 Å². The van der Waals surface area contributed by atoms with Crippen molar-refractivity contribution in [2.24, 2.45) is 0 Å². The molecule has 2 N–H and O–H groups in total. The van der Waals surface area contributed by atoms with Crippen LogP contribution in [0.15, 0.2) is 23.4 Å². The van der Waals surface area contributed by atoms with Gasteiger partial charge in [0.05, 0.1) is 6.20 Å². The van der Waals surface area contributed by atoms with E-state index in [1.807, 2.05) is 0 Å². The maximum atomic E-state index is 11.6. The molecule has 0 saturated heterocycles. The van der Waals surface area contributed by atoms with Gasteiger partial charge in [0.15, 0.2) is 0 Å². The quantitative estimate of drug-likeness (QED) is 0.719. The molecular weight excluding hydrogens is 212 g/mol. The Labute approximate surface area is 91.9 Å². The third kappa shape index (κ3) is 2.69. The molecule has 0 fully saturated rings. The van der Waals surface area contributed by atoms with Gasteiger partial charge in [-0.15, -0.1) is 6.58 Å².